The number of carbonyl (C=O) groups excluding carboxylic acids is 1. The monoisotopic (exact) mass is 288 g/mol. The lowest BCUT2D eigenvalue weighted by atomic mass is 10.1. The molecule has 1 amide bonds. The smallest absolute Gasteiger partial charge is 0.237 e. The summed E-state index contributed by atoms with van der Waals surface area (Å²) < 4.78 is 2.05. The van der Waals surface area contributed by atoms with Gasteiger partial charge in [0.2, 0.25) is 5.91 Å². The summed E-state index contributed by atoms with van der Waals surface area (Å²) in [6.45, 7) is 10.4. The number of carbonyl (C=O) groups is 1. The van der Waals surface area contributed by atoms with Crippen molar-refractivity contribution in [2.45, 2.75) is 52.7 Å². The fourth-order valence-electron chi connectivity index (χ4n) is 2.20. The van der Waals surface area contributed by atoms with E-state index in [1.54, 1.807) is 0 Å². The predicted octanol–water partition coefficient (Wildman–Crippen LogP) is 2.04. The lowest BCUT2D eigenvalue weighted by Gasteiger charge is -2.23. The molecule has 0 saturated carbocycles. The van der Waals surface area contributed by atoms with Crippen molar-refractivity contribution in [3.63, 3.8) is 0 Å². The molecule has 5 heteroatoms. The Balaban J connectivity index is 2.05. The van der Waals surface area contributed by atoms with Crippen molar-refractivity contribution in [2.75, 3.05) is 0 Å². The van der Waals surface area contributed by atoms with Crippen molar-refractivity contribution in [1.82, 2.24) is 20.0 Å². The first kappa shape index (κ1) is 15.5. The minimum atomic E-state index is -0.252. The molecule has 2 aromatic rings. The van der Waals surface area contributed by atoms with Gasteiger partial charge < -0.3 is 15.0 Å². The molecule has 0 spiro atoms. The number of nitrogens with one attached hydrogen (secondary N) is 2. The topological polar surface area (TPSA) is 58.4 Å². The third-order valence-corrected chi connectivity index (χ3v) is 3.30. The van der Waals surface area contributed by atoms with Gasteiger partial charge in [0.05, 0.1) is 17.4 Å². The zero-order chi connectivity index (χ0) is 15.6. The van der Waals surface area contributed by atoms with E-state index < -0.39 is 0 Å². The number of rotatable bonds is 4. The Hall–Kier alpha value is -1.88. The summed E-state index contributed by atoms with van der Waals surface area (Å²) in [6.07, 6.45) is 1.99. The number of hydrogen-bond donors (Lipinski definition) is 2. The molecular formula is C16H24N4O. The molecule has 114 valence electrons. The van der Waals surface area contributed by atoms with Crippen LogP contribution in [0.2, 0.25) is 0 Å². The van der Waals surface area contributed by atoms with E-state index in [0.29, 0.717) is 6.54 Å². The van der Waals surface area contributed by atoms with Crippen LogP contribution < -0.4 is 10.6 Å². The van der Waals surface area contributed by atoms with E-state index >= 15 is 0 Å². The first-order valence-corrected chi connectivity index (χ1v) is 7.26. The quantitative estimate of drug-likeness (QED) is 0.905. The van der Waals surface area contributed by atoms with Gasteiger partial charge in [-0.2, -0.15) is 0 Å². The Labute approximate surface area is 125 Å². The largest absolute Gasteiger partial charge is 0.350 e. The van der Waals surface area contributed by atoms with Crippen molar-refractivity contribution < 1.29 is 4.79 Å². The maximum absolute atomic E-state index is 12.1. The Morgan fingerprint density at radius 1 is 1.38 bits per heavy atom. The second-order valence-electron chi connectivity index (χ2n) is 6.41. The summed E-state index contributed by atoms with van der Waals surface area (Å²) in [6, 6.07) is 5.68. The van der Waals surface area contributed by atoms with Gasteiger partial charge in [-0.15, -0.1) is 0 Å². The molecule has 1 unspecified atom stereocenters. The van der Waals surface area contributed by atoms with E-state index in [4.69, 9.17) is 0 Å². The summed E-state index contributed by atoms with van der Waals surface area (Å²) >= 11 is 0. The van der Waals surface area contributed by atoms with Crippen LogP contribution in [-0.2, 0) is 11.3 Å². The number of hydrogen-bond acceptors (Lipinski definition) is 3. The molecule has 0 radical (unpaired) electrons. The molecule has 0 bridgehead atoms. The van der Waals surface area contributed by atoms with Crippen LogP contribution in [0.5, 0.6) is 0 Å². The van der Waals surface area contributed by atoms with Crippen LogP contribution in [-0.4, -0.2) is 26.9 Å². The molecule has 0 aliphatic rings. The average molecular weight is 288 g/mol. The van der Waals surface area contributed by atoms with E-state index in [2.05, 4.69) is 20.0 Å². The van der Waals surface area contributed by atoms with Crippen LogP contribution in [0, 0.1) is 6.92 Å². The van der Waals surface area contributed by atoms with Gasteiger partial charge in [-0.3, -0.25) is 4.79 Å². The number of nitrogens with zero attached hydrogens (tertiary/aromatic N) is 2. The van der Waals surface area contributed by atoms with Gasteiger partial charge in [-0.1, -0.05) is 6.07 Å². The Bertz CT molecular complexity index is 639. The summed E-state index contributed by atoms with van der Waals surface area (Å²) in [7, 11) is 0. The predicted molar refractivity (Wildman–Crippen MR) is 84.1 cm³/mol. The van der Waals surface area contributed by atoms with Crippen molar-refractivity contribution in [2.24, 2.45) is 0 Å². The van der Waals surface area contributed by atoms with Gasteiger partial charge in [0.1, 0.15) is 5.65 Å². The highest BCUT2D eigenvalue weighted by Gasteiger charge is 2.19. The fourth-order valence-corrected chi connectivity index (χ4v) is 2.20. The van der Waals surface area contributed by atoms with E-state index in [1.807, 2.05) is 59.0 Å². The Kier molecular flexibility index (Phi) is 4.32. The SMILES string of the molecule is Cc1nc2ccccn2c1CNC(C)C(=O)NC(C)(C)C. The van der Waals surface area contributed by atoms with Crippen LogP contribution in [0.25, 0.3) is 5.65 Å². The molecular weight excluding hydrogens is 264 g/mol. The molecule has 2 rings (SSSR count). The van der Waals surface area contributed by atoms with Crippen molar-refractivity contribution in [3.8, 4) is 0 Å². The maximum Gasteiger partial charge on any atom is 0.237 e. The van der Waals surface area contributed by atoms with Crippen molar-refractivity contribution >= 4 is 11.6 Å². The number of fused-ring (bicyclic) bond motifs is 1. The zero-order valence-electron chi connectivity index (χ0n) is 13.4. The maximum atomic E-state index is 12.1. The first-order chi connectivity index (χ1) is 9.78. The average Bonchev–Trinajstić information content (AvgIpc) is 2.69. The molecule has 0 fully saturated rings. The van der Waals surface area contributed by atoms with E-state index in [-0.39, 0.29) is 17.5 Å². The standard InChI is InChI=1S/C16H24N4O/c1-11-13(20-9-7-6-8-14(20)18-11)10-17-12(2)15(21)19-16(3,4)5/h6-9,12,17H,10H2,1-5H3,(H,19,21). The third-order valence-electron chi connectivity index (χ3n) is 3.30. The Morgan fingerprint density at radius 2 is 2.10 bits per heavy atom. The number of aryl methyl sites for hydroxylation is 1. The Morgan fingerprint density at radius 3 is 2.76 bits per heavy atom. The van der Waals surface area contributed by atoms with Crippen LogP contribution in [0.3, 0.4) is 0 Å². The van der Waals surface area contributed by atoms with E-state index in [9.17, 15) is 4.79 Å². The van der Waals surface area contributed by atoms with Crippen LogP contribution in [0.15, 0.2) is 24.4 Å². The van der Waals surface area contributed by atoms with Crippen LogP contribution in [0.1, 0.15) is 39.1 Å². The van der Waals surface area contributed by atoms with Crippen LogP contribution >= 0.6 is 0 Å². The third kappa shape index (κ3) is 3.82. The lowest BCUT2D eigenvalue weighted by molar-refractivity contribution is -0.124. The minimum Gasteiger partial charge on any atom is -0.350 e. The molecule has 0 aliphatic carbocycles. The molecule has 21 heavy (non-hydrogen) atoms. The number of pyridine rings is 1. The molecule has 1 atom stereocenters. The van der Waals surface area contributed by atoms with Crippen LogP contribution in [0.4, 0.5) is 0 Å². The zero-order valence-corrected chi connectivity index (χ0v) is 13.4. The van der Waals surface area contributed by atoms with Gasteiger partial charge in [0.15, 0.2) is 0 Å². The second-order valence-corrected chi connectivity index (χ2v) is 6.41. The van der Waals surface area contributed by atoms with E-state index in [1.165, 1.54) is 0 Å². The van der Waals surface area contributed by atoms with Gasteiger partial charge >= 0.3 is 0 Å². The molecule has 2 aromatic heterocycles. The molecule has 2 heterocycles. The van der Waals surface area contributed by atoms with Gasteiger partial charge in [-0.25, -0.2) is 4.98 Å². The van der Waals surface area contributed by atoms with Gasteiger partial charge in [0, 0.05) is 18.3 Å². The summed E-state index contributed by atoms with van der Waals surface area (Å²) in [4.78, 5) is 16.6. The highest BCUT2D eigenvalue weighted by Crippen LogP contribution is 2.11. The summed E-state index contributed by atoms with van der Waals surface area (Å²) in [5.74, 6) is 0.00831. The first-order valence-electron chi connectivity index (χ1n) is 7.26. The number of amides is 1. The highest BCUT2D eigenvalue weighted by atomic mass is 16.2. The molecule has 0 aromatic carbocycles. The molecule has 0 saturated heterocycles. The molecule has 0 aliphatic heterocycles. The summed E-state index contributed by atoms with van der Waals surface area (Å²) in [5, 5.41) is 6.24. The lowest BCUT2D eigenvalue weighted by Crippen LogP contribution is -2.49. The second kappa shape index (κ2) is 5.85. The normalized spacial score (nSPS) is 13.4. The van der Waals surface area contributed by atoms with Gasteiger partial charge in [-0.05, 0) is 46.8 Å². The molecule has 2 N–H and O–H groups in total. The summed E-state index contributed by atoms with van der Waals surface area (Å²) in [5.41, 5.74) is 2.78. The molecule has 5 nitrogen and oxygen atoms in total. The fraction of sp³-hybridized carbons (Fsp3) is 0.500. The highest BCUT2D eigenvalue weighted by molar-refractivity contribution is 5.81. The number of imidazole rings is 1. The minimum absolute atomic E-state index is 0.00831. The van der Waals surface area contributed by atoms with Gasteiger partial charge in [0.25, 0.3) is 0 Å². The van der Waals surface area contributed by atoms with Crippen molar-refractivity contribution in [1.29, 1.82) is 0 Å². The van der Waals surface area contributed by atoms with E-state index in [0.717, 1.165) is 17.0 Å². The van der Waals surface area contributed by atoms with Crippen molar-refractivity contribution in [3.05, 3.63) is 35.8 Å². The number of aromatic nitrogens is 2.